The van der Waals surface area contributed by atoms with Crippen molar-refractivity contribution in [1.82, 2.24) is 0 Å². The van der Waals surface area contributed by atoms with Crippen LogP contribution in [0.5, 0.6) is 28.7 Å². The predicted molar refractivity (Wildman–Crippen MR) is 160 cm³/mol. The normalized spacial score (nSPS) is 10.4. The predicted octanol–water partition coefficient (Wildman–Crippen LogP) is 10.2. The SMILES string of the molecule is C=COc1ccc(N(c2ccc(Oc3ccc(C)cc3)cc2)c2ccc(Oc3ccc(C=C)cc3)cc2)cc1. The van der Waals surface area contributed by atoms with Crippen molar-refractivity contribution in [3.63, 3.8) is 0 Å². The Hall–Kier alpha value is -5.22. The van der Waals surface area contributed by atoms with Gasteiger partial charge in [0, 0.05) is 17.1 Å². The molecular weight excluding hydrogens is 482 g/mol. The van der Waals surface area contributed by atoms with Gasteiger partial charge in [-0.25, -0.2) is 0 Å². The largest absolute Gasteiger partial charge is 0.466 e. The molecule has 0 aromatic heterocycles. The molecule has 0 atom stereocenters. The number of hydrogen-bond acceptors (Lipinski definition) is 4. The quantitative estimate of drug-likeness (QED) is 0.175. The van der Waals surface area contributed by atoms with Crippen molar-refractivity contribution in [2.24, 2.45) is 0 Å². The fraction of sp³-hybridized carbons (Fsp3) is 0.0286. The molecule has 0 saturated carbocycles. The van der Waals surface area contributed by atoms with Crippen molar-refractivity contribution in [2.45, 2.75) is 6.92 Å². The van der Waals surface area contributed by atoms with E-state index in [0.29, 0.717) is 0 Å². The molecule has 0 heterocycles. The van der Waals surface area contributed by atoms with Crippen molar-refractivity contribution in [1.29, 1.82) is 0 Å². The molecule has 0 aliphatic rings. The first-order chi connectivity index (χ1) is 19.1. The lowest BCUT2D eigenvalue weighted by Gasteiger charge is -2.26. The average Bonchev–Trinajstić information content (AvgIpc) is 2.98. The summed E-state index contributed by atoms with van der Waals surface area (Å²) in [6.45, 7) is 9.49. The van der Waals surface area contributed by atoms with Gasteiger partial charge in [-0.3, -0.25) is 0 Å². The van der Waals surface area contributed by atoms with Crippen LogP contribution in [0.3, 0.4) is 0 Å². The summed E-state index contributed by atoms with van der Waals surface area (Å²) in [5, 5.41) is 0. The number of anilines is 3. The average molecular weight is 512 g/mol. The highest BCUT2D eigenvalue weighted by molar-refractivity contribution is 5.77. The van der Waals surface area contributed by atoms with E-state index in [0.717, 1.165) is 51.4 Å². The number of aryl methyl sites for hydroxylation is 1. The van der Waals surface area contributed by atoms with Crippen molar-refractivity contribution >= 4 is 23.1 Å². The van der Waals surface area contributed by atoms with Gasteiger partial charge < -0.3 is 19.1 Å². The van der Waals surface area contributed by atoms with Gasteiger partial charge in [0.2, 0.25) is 0 Å². The first-order valence-electron chi connectivity index (χ1n) is 12.6. The van der Waals surface area contributed by atoms with Gasteiger partial charge in [0.25, 0.3) is 0 Å². The molecule has 4 heteroatoms. The van der Waals surface area contributed by atoms with Crippen LogP contribution in [0.2, 0.25) is 0 Å². The van der Waals surface area contributed by atoms with Gasteiger partial charge in [-0.05, 0) is 110 Å². The van der Waals surface area contributed by atoms with Crippen molar-refractivity contribution < 1.29 is 14.2 Å². The van der Waals surface area contributed by atoms with E-state index in [1.807, 2.05) is 127 Å². The topological polar surface area (TPSA) is 30.9 Å². The van der Waals surface area contributed by atoms with E-state index in [1.54, 1.807) is 0 Å². The molecule has 39 heavy (non-hydrogen) atoms. The van der Waals surface area contributed by atoms with E-state index in [2.05, 4.69) is 25.0 Å². The zero-order chi connectivity index (χ0) is 27.0. The fourth-order valence-corrected chi connectivity index (χ4v) is 4.09. The van der Waals surface area contributed by atoms with E-state index >= 15 is 0 Å². The number of nitrogens with zero attached hydrogens (tertiary/aromatic N) is 1. The molecule has 192 valence electrons. The molecular formula is C35H29NO3. The lowest BCUT2D eigenvalue weighted by Crippen LogP contribution is -2.09. The van der Waals surface area contributed by atoms with Gasteiger partial charge in [-0.2, -0.15) is 0 Å². The number of benzene rings is 5. The van der Waals surface area contributed by atoms with Gasteiger partial charge in [0.05, 0.1) is 6.26 Å². The summed E-state index contributed by atoms with van der Waals surface area (Å²) in [5.74, 6) is 3.82. The molecule has 0 bridgehead atoms. The molecule has 5 rings (SSSR count). The van der Waals surface area contributed by atoms with Crippen LogP contribution in [0, 0.1) is 6.92 Å². The maximum absolute atomic E-state index is 6.05. The molecule has 0 spiro atoms. The molecule has 0 fully saturated rings. The van der Waals surface area contributed by atoms with Crippen LogP contribution in [0.1, 0.15) is 11.1 Å². The Balaban J connectivity index is 1.41. The second kappa shape index (κ2) is 11.9. The Labute approximate surface area is 229 Å². The van der Waals surface area contributed by atoms with Crippen molar-refractivity contribution in [3.8, 4) is 28.7 Å². The molecule has 0 aliphatic carbocycles. The van der Waals surface area contributed by atoms with E-state index in [-0.39, 0.29) is 0 Å². The van der Waals surface area contributed by atoms with E-state index in [1.165, 1.54) is 11.8 Å². The zero-order valence-electron chi connectivity index (χ0n) is 21.8. The maximum Gasteiger partial charge on any atom is 0.127 e. The summed E-state index contributed by atoms with van der Waals surface area (Å²) >= 11 is 0. The summed E-state index contributed by atoms with van der Waals surface area (Å²) in [4.78, 5) is 2.16. The summed E-state index contributed by atoms with van der Waals surface area (Å²) in [6.07, 6.45) is 3.23. The summed E-state index contributed by atoms with van der Waals surface area (Å²) < 4.78 is 17.5. The van der Waals surface area contributed by atoms with Gasteiger partial charge in [0.1, 0.15) is 28.7 Å². The first-order valence-corrected chi connectivity index (χ1v) is 12.6. The standard InChI is InChI=1S/C35H29NO3/c1-4-27-8-18-33(19-9-27)39-35-24-14-30(15-25-35)36(28-10-20-31(21-11-28)37-5-2)29-12-22-34(23-13-29)38-32-16-6-26(3)7-17-32/h4-25H,1-2H2,3H3. The number of ether oxygens (including phenoxy) is 3. The van der Waals surface area contributed by atoms with Crippen LogP contribution in [0.15, 0.2) is 141 Å². The number of rotatable bonds is 10. The molecule has 4 nitrogen and oxygen atoms in total. The monoisotopic (exact) mass is 511 g/mol. The molecule has 0 N–H and O–H groups in total. The number of hydrogen-bond donors (Lipinski definition) is 0. The summed E-state index contributed by atoms with van der Waals surface area (Å²) in [5.41, 5.74) is 5.19. The lowest BCUT2D eigenvalue weighted by atomic mass is 10.1. The smallest absolute Gasteiger partial charge is 0.127 e. The highest BCUT2D eigenvalue weighted by atomic mass is 16.5. The van der Waals surface area contributed by atoms with Crippen molar-refractivity contribution in [2.75, 3.05) is 4.90 Å². The highest BCUT2D eigenvalue weighted by Gasteiger charge is 2.14. The maximum atomic E-state index is 6.05. The Morgan fingerprint density at radius 2 is 0.846 bits per heavy atom. The van der Waals surface area contributed by atoms with Crippen LogP contribution in [-0.4, -0.2) is 0 Å². The Bertz CT molecular complexity index is 1520. The highest BCUT2D eigenvalue weighted by Crippen LogP contribution is 2.37. The van der Waals surface area contributed by atoms with Crippen LogP contribution in [0.25, 0.3) is 6.08 Å². The van der Waals surface area contributed by atoms with Crippen LogP contribution >= 0.6 is 0 Å². The van der Waals surface area contributed by atoms with Gasteiger partial charge in [0.15, 0.2) is 0 Å². The molecule has 0 amide bonds. The van der Waals surface area contributed by atoms with Crippen molar-refractivity contribution in [3.05, 3.63) is 152 Å². The molecule has 0 aliphatic heterocycles. The van der Waals surface area contributed by atoms with Gasteiger partial charge in [-0.15, -0.1) is 0 Å². The minimum atomic E-state index is 0.724. The van der Waals surface area contributed by atoms with Gasteiger partial charge >= 0.3 is 0 Å². The minimum absolute atomic E-state index is 0.724. The summed E-state index contributed by atoms with van der Waals surface area (Å²) in [6, 6.07) is 39.8. The Morgan fingerprint density at radius 1 is 0.487 bits per heavy atom. The third-order valence-corrected chi connectivity index (χ3v) is 6.11. The molecule has 5 aromatic rings. The minimum Gasteiger partial charge on any atom is -0.466 e. The van der Waals surface area contributed by atoms with Crippen LogP contribution in [0.4, 0.5) is 17.1 Å². The van der Waals surface area contributed by atoms with Crippen LogP contribution < -0.4 is 19.1 Å². The Kier molecular flexibility index (Phi) is 7.75. The molecule has 0 unspecified atom stereocenters. The second-order valence-electron chi connectivity index (χ2n) is 8.89. The summed E-state index contributed by atoms with van der Waals surface area (Å²) in [7, 11) is 0. The molecule has 5 aromatic carbocycles. The lowest BCUT2D eigenvalue weighted by molar-refractivity contribution is 0.482. The third kappa shape index (κ3) is 6.38. The van der Waals surface area contributed by atoms with Crippen LogP contribution in [-0.2, 0) is 0 Å². The first kappa shape index (κ1) is 25.4. The van der Waals surface area contributed by atoms with Gasteiger partial charge in [-0.1, -0.05) is 49.1 Å². The van der Waals surface area contributed by atoms with E-state index in [4.69, 9.17) is 14.2 Å². The molecule has 0 saturated heterocycles. The Morgan fingerprint density at radius 3 is 1.23 bits per heavy atom. The third-order valence-electron chi connectivity index (χ3n) is 6.11. The molecule has 0 radical (unpaired) electrons. The second-order valence-corrected chi connectivity index (χ2v) is 8.89. The zero-order valence-corrected chi connectivity index (χ0v) is 21.8. The van der Waals surface area contributed by atoms with E-state index in [9.17, 15) is 0 Å². The van der Waals surface area contributed by atoms with E-state index < -0.39 is 0 Å². The fourth-order valence-electron chi connectivity index (χ4n) is 4.09.